The molecule has 200 valence electrons. The van der Waals surface area contributed by atoms with Crippen molar-refractivity contribution in [2.45, 2.75) is 51.7 Å². The number of nitrogens with zero attached hydrogens (tertiary/aromatic N) is 3. The predicted octanol–water partition coefficient (Wildman–Crippen LogP) is 4.29. The van der Waals surface area contributed by atoms with Crippen molar-refractivity contribution in [1.82, 2.24) is 19.7 Å². The molecule has 0 aliphatic carbocycles. The van der Waals surface area contributed by atoms with Gasteiger partial charge in [-0.25, -0.2) is 4.39 Å². The fourth-order valence-electron chi connectivity index (χ4n) is 6.13. The first-order valence-corrected chi connectivity index (χ1v) is 13.3. The van der Waals surface area contributed by atoms with E-state index in [1.165, 1.54) is 18.7 Å². The Kier molecular flexibility index (Phi) is 7.01. The fourth-order valence-corrected chi connectivity index (χ4v) is 6.13. The number of dihydropyridines is 1. The summed E-state index contributed by atoms with van der Waals surface area (Å²) in [6.07, 6.45) is 9.55. The number of carbonyl (C=O) groups excluding carboxylic acids is 1. The minimum atomic E-state index is -0.264. The SMILES string of the molecule is CNc1ccn(C2=C3C=C(C(C)N4CCC(c5c(C)cc(C(C)=O)cc5F)CC4)N(C)C3NC=C2)c(=O)c1. The standard InChI is InChI=1S/C30H36FN5O2/c1-18-14-22(20(3)37)15-25(31)29(18)21-7-11-35(12-8-21)19(2)27-17-24-26(6-10-33-30(24)34(27)5)36-13-9-23(32-4)16-28(36)38/h6,9-10,13-17,19,21,30,32-33H,7-8,11-12H2,1-5H3. The van der Waals surface area contributed by atoms with Crippen LogP contribution in [0.4, 0.5) is 10.1 Å². The molecule has 0 spiro atoms. The van der Waals surface area contributed by atoms with Crippen LogP contribution in [0.5, 0.6) is 0 Å². The highest BCUT2D eigenvalue weighted by Gasteiger charge is 2.36. The van der Waals surface area contributed by atoms with Crippen LogP contribution in [0.1, 0.15) is 54.1 Å². The number of aromatic nitrogens is 1. The van der Waals surface area contributed by atoms with Crippen LogP contribution in [0.15, 0.2) is 64.9 Å². The number of halogens is 1. The fraction of sp³-hybridized carbons (Fsp3) is 0.400. The molecule has 1 aromatic carbocycles. The summed E-state index contributed by atoms with van der Waals surface area (Å²) in [6, 6.07) is 6.88. The Hall–Kier alpha value is -3.65. The molecule has 0 saturated carbocycles. The van der Waals surface area contributed by atoms with Gasteiger partial charge < -0.3 is 15.5 Å². The van der Waals surface area contributed by atoms with E-state index in [1.54, 1.807) is 17.7 Å². The molecular formula is C30H36FN5O2. The highest BCUT2D eigenvalue weighted by atomic mass is 19.1. The van der Waals surface area contributed by atoms with Crippen molar-refractivity contribution in [3.05, 3.63) is 92.9 Å². The molecule has 1 fully saturated rings. The summed E-state index contributed by atoms with van der Waals surface area (Å²) in [4.78, 5) is 29.3. The first-order chi connectivity index (χ1) is 18.2. The third kappa shape index (κ3) is 4.58. The number of nitrogens with one attached hydrogen (secondary N) is 2. The summed E-state index contributed by atoms with van der Waals surface area (Å²) < 4.78 is 16.7. The van der Waals surface area contributed by atoms with Crippen molar-refractivity contribution in [2.24, 2.45) is 0 Å². The number of hydrogen-bond donors (Lipinski definition) is 2. The number of fused-ring (bicyclic) bond motifs is 1. The number of likely N-dealkylation sites (tertiary alicyclic amines) is 1. The van der Waals surface area contributed by atoms with Crippen LogP contribution in [0.2, 0.25) is 0 Å². The molecule has 3 aliphatic heterocycles. The van der Waals surface area contributed by atoms with E-state index in [0.29, 0.717) is 5.56 Å². The molecule has 7 nitrogen and oxygen atoms in total. The van der Waals surface area contributed by atoms with E-state index in [1.807, 2.05) is 37.5 Å². The Bertz CT molecular complexity index is 1390. The van der Waals surface area contributed by atoms with Crippen LogP contribution in [0, 0.1) is 12.7 Å². The molecule has 0 bridgehead atoms. The smallest absolute Gasteiger partial charge is 0.257 e. The van der Waals surface area contributed by atoms with E-state index in [2.05, 4.69) is 40.5 Å². The van der Waals surface area contributed by atoms with Crippen LogP contribution in [0.25, 0.3) is 5.70 Å². The molecule has 1 aromatic heterocycles. The minimum Gasteiger partial charge on any atom is -0.388 e. The Morgan fingerprint density at radius 2 is 1.95 bits per heavy atom. The van der Waals surface area contributed by atoms with Gasteiger partial charge in [-0.2, -0.15) is 0 Å². The van der Waals surface area contributed by atoms with Crippen LogP contribution >= 0.6 is 0 Å². The molecule has 2 unspecified atom stereocenters. The average Bonchev–Trinajstić information content (AvgIpc) is 3.24. The van der Waals surface area contributed by atoms with Crippen molar-refractivity contribution in [3.63, 3.8) is 0 Å². The Morgan fingerprint density at radius 3 is 2.58 bits per heavy atom. The molecule has 2 N–H and O–H groups in total. The average molecular weight is 518 g/mol. The van der Waals surface area contributed by atoms with Crippen molar-refractivity contribution in [3.8, 4) is 0 Å². The van der Waals surface area contributed by atoms with Crippen LogP contribution < -0.4 is 16.2 Å². The highest BCUT2D eigenvalue weighted by Crippen LogP contribution is 2.37. The second kappa shape index (κ2) is 10.3. The number of benzene rings is 1. The summed E-state index contributed by atoms with van der Waals surface area (Å²) in [6.45, 7) is 7.31. The molecule has 3 aliphatic rings. The monoisotopic (exact) mass is 517 g/mol. The lowest BCUT2D eigenvalue weighted by atomic mass is 9.85. The van der Waals surface area contributed by atoms with Crippen molar-refractivity contribution >= 4 is 17.2 Å². The van der Waals surface area contributed by atoms with Gasteiger partial charge in [0.15, 0.2) is 5.78 Å². The maximum absolute atomic E-state index is 15.0. The first-order valence-electron chi connectivity index (χ1n) is 13.3. The predicted molar refractivity (Wildman–Crippen MR) is 150 cm³/mol. The Morgan fingerprint density at radius 1 is 1.21 bits per heavy atom. The quantitative estimate of drug-likeness (QED) is 0.557. The number of likely N-dealkylation sites (N-methyl/N-ethyl adjacent to an activating group) is 1. The van der Waals surface area contributed by atoms with E-state index in [9.17, 15) is 14.0 Å². The number of aryl methyl sites for hydroxylation is 1. The van der Waals surface area contributed by atoms with Crippen LogP contribution in [0.3, 0.4) is 0 Å². The van der Waals surface area contributed by atoms with Crippen LogP contribution in [-0.2, 0) is 0 Å². The highest BCUT2D eigenvalue weighted by molar-refractivity contribution is 5.94. The van der Waals surface area contributed by atoms with Gasteiger partial charge in [-0.15, -0.1) is 0 Å². The molecule has 5 rings (SSSR count). The lowest BCUT2D eigenvalue weighted by molar-refractivity contribution is 0.101. The summed E-state index contributed by atoms with van der Waals surface area (Å²) >= 11 is 0. The van der Waals surface area contributed by atoms with Gasteiger partial charge in [-0.3, -0.25) is 19.1 Å². The number of Topliss-reactive ketones (excluding diaryl/α,β-unsaturated/α-hetero) is 1. The zero-order chi connectivity index (χ0) is 27.1. The largest absolute Gasteiger partial charge is 0.388 e. The summed E-state index contributed by atoms with van der Waals surface area (Å²) in [5, 5.41) is 6.45. The third-order valence-corrected chi connectivity index (χ3v) is 8.31. The molecule has 8 heteroatoms. The molecule has 0 radical (unpaired) electrons. The summed E-state index contributed by atoms with van der Waals surface area (Å²) in [5.41, 5.74) is 5.87. The van der Waals surface area contributed by atoms with Gasteiger partial charge in [-0.05, 0) is 94.1 Å². The molecule has 38 heavy (non-hydrogen) atoms. The van der Waals surface area contributed by atoms with Crippen molar-refractivity contribution in [2.75, 3.05) is 32.5 Å². The maximum Gasteiger partial charge on any atom is 0.257 e. The van der Waals surface area contributed by atoms with Gasteiger partial charge in [0.25, 0.3) is 5.56 Å². The second-order valence-electron chi connectivity index (χ2n) is 10.5. The van der Waals surface area contributed by atoms with Crippen LogP contribution in [-0.4, -0.2) is 59.5 Å². The third-order valence-electron chi connectivity index (χ3n) is 8.31. The van der Waals surface area contributed by atoms with E-state index in [0.717, 1.165) is 54.0 Å². The molecule has 0 amide bonds. The Balaban J connectivity index is 1.36. The minimum absolute atomic E-state index is 0.0441. The maximum atomic E-state index is 15.0. The summed E-state index contributed by atoms with van der Waals surface area (Å²) in [7, 11) is 3.88. The second-order valence-corrected chi connectivity index (χ2v) is 10.5. The van der Waals surface area contributed by atoms with Crippen molar-refractivity contribution in [1.29, 1.82) is 0 Å². The number of rotatable bonds is 6. The number of carbonyl (C=O) groups is 1. The van der Waals surface area contributed by atoms with Gasteiger partial charge in [0.1, 0.15) is 12.0 Å². The Labute approximate surface area is 223 Å². The zero-order valence-electron chi connectivity index (χ0n) is 22.7. The van der Waals surface area contributed by atoms with Gasteiger partial charge >= 0.3 is 0 Å². The van der Waals surface area contributed by atoms with E-state index >= 15 is 0 Å². The lowest BCUT2D eigenvalue weighted by Crippen LogP contribution is -2.46. The number of piperidine rings is 1. The zero-order valence-corrected chi connectivity index (χ0v) is 22.7. The van der Waals surface area contributed by atoms with Gasteiger partial charge in [-0.1, -0.05) is 0 Å². The number of hydrogen-bond acceptors (Lipinski definition) is 6. The number of pyridine rings is 1. The first kappa shape index (κ1) is 26.0. The van der Waals surface area contributed by atoms with Gasteiger partial charge in [0.2, 0.25) is 0 Å². The molecule has 2 aromatic rings. The molecule has 2 atom stereocenters. The number of anilines is 1. The number of allylic oxidation sites excluding steroid dienone is 2. The molecular weight excluding hydrogens is 481 g/mol. The van der Waals surface area contributed by atoms with Crippen molar-refractivity contribution < 1.29 is 9.18 Å². The topological polar surface area (TPSA) is 69.6 Å². The van der Waals surface area contributed by atoms with Gasteiger partial charge in [0, 0.05) is 61.1 Å². The normalized spacial score (nSPS) is 20.7. The van der Waals surface area contributed by atoms with E-state index in [4.69, 9.17) is 0 Å². The summed E-state index contributed by atoms with van der Waals surface area (Å²) in [5.74, 6) is -0.232. The lowest BCUT2D eigenvalue weighted by Gasteiger charge is -2.39. The van der Waals surface area contributed by atoms with Gasteiger partial charge in [0.05, 0.1) is 5.70 Å². The number of ketones is 1. The molecule has 4 heterocycles. The van der Waals surface area contributed by atoms with E-state index < -0.39 is 0 Å². The van der Waals surface area contributed by atoms with E-state index in [-0.39, 0.29) is 35.3 Å². The molecule has 1 saturated heterocycles.